The molecule has 1 aromatic carbocycles. The minimum atomic E-state index is -0.841. The topological polar surface area (TPSA) is 17.1 Å². The van der Waals surface area contributed by atoms with E-state index >= 15 is 0 Å². The zero-order valence-corrected chi connectivity index (χ0v) is 7.65. The first-order valence-corrected chi connectivity index (χ1v) is 5.22. The van der Waals surface area contributed by atoms with Crippen LogP contribution in [0.1, 0.15) is 12.5 Å². The van der Waals surface area contributed by atoms with Crippen molar-refractivity contribution in [3.05, 3.63) is 29.8 Å². The third kappa shape index (κ3) is 2.15. The number of hydrogen-bond donors (Lipinski definition) is 0. The summed E-state index contributed by atoms with van der Waals surface area (Å²) in [6.45, 7) is 2.09. The lowest BCUT2D eigenvalue weighted by atomic mass is 10.2. The molecule has 0 aliphatic rings. The molecule has 0 N–H and O–H groups in total. The van der Waals surface area contributed by atoms with E-state index < -0.39 is 10.8 Å². The molecule has 2 heteroatoms. The Morgan fingerprint density at radius 3 is 2.73 bits per heavy atom. The lowest BCUT2D eigenvalue weighted by Gasteiger charge is -1.98. The molecule has 0 aliphatic carbocycles. The van der Waals surface area contributed by atoms with Gasteiger partial charge in [0.25, 0.3) is 0 Å². The summed E-state index contributed by atoms with van der Waals surface area (Å²) in [7, 11) is -0.841. The highest BCUT2D eigenvalue weighted by atomic mass is 32.2. The van der Waals surface area contributed by atoms with Gasteiger partial charge in [0.15, 0.2) is 0 Å². The Morgan fingerprint density at radius 1 is 1.45 bits per heavy atom. The number of rotatable bonds is 2. The van der Waals surface area contributed by atoms with Gasteiger partial charge in [0, 0.05) is 22.0 Å². The molecule has 0 saturated heterocycles. The number of aryl methyl sites for hydroxylation is 1. The maximum atomic E-state index is 11.0. The van der Waals surface area contributed by atoms with Gasteiger partial charge in [0.1, 0.15) is 0 Å². The summed E-state index contributed by atoms with van der Waals surface area (Å²) in [5, 5.41) is 0. The van der Waals surface area contributed by atoms with Gasteiger partial charge < -0.3 is 0 Å². The van der Waals surface area contributed by atoms with E-state index in [9.17, 15) is 4.21 Å². The highest BCUT2D eigenvalue weighted by Crippen LogP contribution is 2.08. The Hall–Kier alpha value is -0.630. The first-order chi connectivity index (χ1) is 5.24. The van der Waals surface area contributed by atoms with Crippen molar-refractivity contribution < 1.29 is 4.21 Å². The Balaban J connectivity index is 3.01. The van der Waals surface area contributed by atoms with Crippen molar-refractivity contribution in [2.75, 3.05) is 6.26 Å². The van der Waals surface area contributed by atoms with Gasteiger partial charge in [-0.05, 0) is 24.1 Å². The Kier molecular flexibility index (Phi) is 2.83. The van der Waals surface area contributed by atoms with Crippen LogP contribution in [-0.4, -0.2) is 10.5 Å². The van der Waals surface area contributed by atoms with Crippen molar-refractivity contribution in [3.8, 4) is 0 Å². The Bertz CT molecular complexity index is 268. The second kappa shape index (κ2) is 3.67. The maximum Gasteiger partial charge on any atom is 0.0498 e. The fourth-order valence-electron chi connectivity index (χ4n) is 0.944. The first-order valence-electron chi connectivity index (χ1n) is 3.66. The van der Waals surface area contributed by atoms with Crippen molar-refractivity contribution in [3.63, 3.8) is 0 Å². The molecule has 0 aromatic heterocycles. The molecule has 1 aromatic rings. The van der Waals surface area contributed by atoms with Crippen molar-refractivity contribution in [1.82, 2.24) is 0 Å². The number of hydrogen-bond acceptors (Lipinski definition) is 1. The van der Waals surface area contributed by atoms with Gasteiger partial charge in [-0.25, -0.2) is 0 Å². The third-order valence-electron chi connectivity index (χ3n) is 1.64. The normalized spacial score (nSPS) is 12.9. The Labute approximate surface area is 69.9 Å². The molecule has 1 rings (SSSR count). The summed E-state index contributed by atoms with van der Waals surface area (Å²) in [4.78, 5) is 0.921. The van der Waals surface area contributed by atoms with Crippen LogP contribution in [0.25, 0.3) is 0 Å². The minimum absolute atomic E-state index is 0.841. The van der Waals surface area contributed by atoms with Gasteiger partial charge in [0.2, 0.25) is 0 Å². The molecule has 1 atom stereocenters. The molecule has 0 heterocycles. The van der Waals surface area contributed by atoms with Gasteiger partial charge in [-0.1, -0.05) is 19.1 Å². The van der Waals surface area contributed by atoms with E-state index in [1.54, 1.807) is 6.26 Å². The monoisotopic (exact) mass is 168 g/mol. The van der Waals surface area contributed by atoms with Crippen LogP contribution in [0.15, 0.2) is 29.2 Å². The molecule has 0 radical (unpaired) electrons. The standard InChI is InChI=1S/C9H12OS/c1-3-8-5-4-6-9(7-8)11(2)10/h4-7H,3H2,1-2H3. The van der Waals surface area contributed by atoms with Crippen molar-refractivity contribution in [2.24, 2.45) is 0 Å². The third-order valence-corrected chi connectivity index (χ3v) is 2.56. The molecule has 0 amide bonds. The predicted molar refractivity (Wildman–Crippen MR) is 48.2 cm³/mol. The molecule has 60 valence electrons. The van der Waals surface area contributed by atoms with E-state index in [0.717, 1.165) is 11.3 Å². The molecule has 0 spiro atoms. The zero-order chi connectivity index (χ0) is 8.27. The van der Waals surface area contributed by atoms with Crippen molar-refractivity contribution in [2.45, 2.75) is 18.2 Å². The highest BCUT2D eigenvalue weighted by molar-refractivity contribution is 7.84. The van der Waals surface area contributed by atoms with Crippen LogP contribution < -0.4 is 0 Å². The molecule has 0 bridgehead atoms. The van der Waals surface area contributed by atoms with Crippen LogP contribution in [0.5, 0.6) is 0 Å². The fraction of sp³-hybridized carbons (Fsp3) is 0.333. The second-order valence-corrected chi connectivity index (χ2v) is 3.83. The van der Waals surface area contributed by atoms with Gasteiger partial charge in [-0.3, -0.25) is 4.21 Å². The van der Waals surface area contributed by atoms with Crippen LogP contribution >= 0.6 is 0 Å². The fourth-order valence-corrected chi connectivity index (χ4v) is 1.53. The van der Waals surface area contributed by atoms with E-state index in [0.29, 0.717) is 0 Å². The molecule has 1 nitrogen and oxygen atoms in total. The van der Waals surface area contributed by atoms with E-state index in [-0.39, 0.29) is 0 Å². The molecule has 0 aliphatic heterocycles. The van der Waals surface area contributed by atoms with E-state index in [4.69, 9.17) is 0 Å². The molecule has 1 unspecified atom stereocenters. The maximum absolute atomic E-state index is 11.0. The Morgan fingerprint density at radius 2 is 2.18 bits per heavy atom. The van der Waals surface area contributed by atoms with Crippen LogP contribution in [-0.2, 0) is 17.2 Å². The summed E-state index contributed by atoms with van der Waals surface area (Å²) in [5.74, 6) is 0. The quantitative estimate of drug-likeness (QED) is 0.660. The molecular formula is C9H12OS. The summed E-state index contributed by atoms with van der Waals surface area (Å²) in [6, 6.07) is 7.90. The summed E-state index contributed by atoms with van der Waals surface area (Å²) in [6.07, 6.45) is 2.71. The summed E-state index contributed by atoms with van der Waals surface area (Å²) < 4.78 is 11.0. The smallest absolute Gasteiger partial charge is 0.0498 e. The van der Waals surface area contributed by atoms with Crippen LogP contribution in [0.4, 0.5) is 0 Å². The van der Waals surface area contributed by atoms with Gasteiger partial charge in [0.05, 0.1) is 0 Å². The van der Waals surface area contributed by atoms with E-state index in [2.05, 4.69) is 13.0 Å². The lowest BCUT2D eigenvalue weighted by Crippen LogP contribution is -1.88. The molecular weight excluding hydrogens is 156 g/mol. The van der Waals surface area contributed by atoms with Crippen molar-refractivity contribution in [1.29, 1.82) is 0 Å². The van der Waals surface area contributed by atoms with Crippen molar-refractivity contribution >= 4 is 10.8 Å². The minimum Gasteiger partial charge on any atom is -0.255 e. The van der Waals surface area contributed by atoms with Crippen LogP contribution in [0, 0.1) is 0 Å². The van der Waals surface area contributed by atoms with E-state index in [1.165, 1.54) is 5.56 Å². The van der Waals surface area contributed by atoms with Gasteiger partial charge in [-0.15, -0.1) is 0 Å². The predicted octanol–water partition coefficient (Wildman–Crippen LogP) is 1.99. The molecule has 0 fully saturated rings. The first kappa shape index (κ1) is 8.47. The van der Waals surface area contributed by atoms with Gasteiger partial charge in [-0.2, -0.15) is 0 Å². The highest BCUT2D eigenvalue weighted by Gasteiger charge is 1.96. The van der Waals surface area contributed by atoms with Crippen LogP contribution in [0.2, 0.25) is 0 Å². The zero-order valence-electron chi connectivity index (χ0n) is 6.83. The molecule has 11 heavy (non-hydrogen) atoms. The van der Waals surface area contributed by atoms with Gasteiger partial charge >= 0.3 is 0 Å². The SMILES string of the molecule is CCc1cccc(S(C)=O)c1. The van der Waals surface area contributed by atoms with Crippen LogP contribution in [0.3, 0.4) is 0 Å². The summed E-state index contributed by atoms with van der Waals surface area (Å²) >= 11 is 0. The second-order valence-electron chi connectivity index (χ2n) is 2.46. The van der Waals surface area contributed by atoms with E-state index in [1.807, 2.05) is 18.2 Å². The number of benzene rings is 1. The lowest BCUT2D eigenvalue weighted by molar-refractivity contribution is 0.686. The average Bonchev–Trinajstić information content (AvgIpc) is 2.05. The largest absolute Gasteiger partial charge is 0.255 e. The molecule has 0 saturated carbocycles. The summed E-state index contributed by atoms with van der Waals surface area (Å²) in [5.41, 5.74) is 1.25. The average molecular weight is 168 g/mol.